The number of likely N-dealkylation sites (tertiary alicyclic amines) is 1. The van der Waals surface area contributed by atoms with E-state index in [1.165, 1.54) is 38.9 Å². The van der Waals surface area contributed by atoms with Gasteiger partial charge in [-0.15, -0.1) is 24.0 Å². The maximum atomic E-state index is 5.99. The average Bonchev–Trinajstić information content (AvgIpc) is 2.73. The van der Waals surface area contributed by atoms with Gasteiger partial charge in [0.2, 0.25) is 0 Å². The molecule has 29 heavy (non-hydrogen) atoms. The molecule has 1 saturated heterocycles. The molecule has 0 aliphatic carbocycles. The number of hydrogen-bond donors (Lipinski definition) is 2. The first kappa shape index (κ1) is 25.8. The summed E-state index contributed by atoms with van der Waals surface area (Å²) in [5.41, 5.74) is 0. The number of hydrogen-bond acceptors (Lipinski definition) is 4. The summed E-state index contributed by atoms with van der Waals surface area (Å²) in [5.74, 6) is 3.19. The molecular weight excluding hydrogens is 479 g/mol. The van der Waals surface area contributed by atoms with Gasteiger partial charge in [0.1, 0.15) is 6.10 Å². The van der Waals surface area contributed by atoms with Gasteiger partial charge < -0.3 is 25.0 Å². The maximum Gasteiger partial charge on any atom is 0.191 e. The second-order valence-corrected chi connectivity index (χ2v) is 7.39. The van der Waals surface area contributed by atoms with Gasteiger partial charge in [0, 0.05) is 13.1 Å². The summed E-state index contributed by atoms with van der Waals surface area (Å²) in [7, 11) is 1.66. The molecule has 1 fully saturated rings. The van der Waals surface area contributed by atoms with Crippen molar-refractivity contribution >= 4 is 29.9 Å². The van der Waals surface area contributed by atoms with Gasteiger partial charge in [-0.2, -0.15) is 0 Å². The normalized spacial score (nSPS) is 16.6. The predicted octanol–water partition coefficient (Wildman–Crippen LogP) is 3.76. The van der Waals surface area contributed by atoms with Crippen LogP contribution in [0.5, 0.6) is 11.5 Å². The molecule has 166 valence electrons. The number of ether oxygens (including phenoxy) is 2. The summed E-state index contributed by atoms with van der Waals surface area (Å²) in [6, 6.07) is 7.71. The number of methoxy groups -OCH3 is 1. The van der Waals surface area contributed by atoms with Gasteiger partial charge in [-0.25, -0.2) is 4.99 Å². The Morgan fingerprint density at radius 2 is 1.86 bits per heavy atom. The van der Waals surface area contributed by atoms with Crippen molar-refractivity contribution in [2.24, 2.45) is 10.9 Å². The zero-order valence-corrected chi connectivity index (χ0v) is 20.8. The van der Waals surface area contributed by atoms with Crippen molar-refractivity contribution in [2.45, 2.75) is 46.1 Å². The predicted molar refractivity (Wildman–Crippen MR) is 132 cm³/mol. The van der Waals surface area contributed by atoms with Crippen LogP contribution < -0.4 is 20.1 Å². The van der Waals surface area contributed by atoms with Crippen molar-refractivity contribution in [3.8, 4) is 11.5 Å². The maximum absolute atomic E-state index is 5.99. The molecule has 1 aromatic rings. The number of guanidine groups is 1. The van der Waals surface area contributed by atoms with E-state index in [4.69, 9.17) is 14.5 Å². The number of benzene rings is 1. The van der Waals surface area contributed by atoms with Crippen molar-refractivity contribution in [3.63, 3.8) is 0 Å². The van der Waals surface area contributed by atoms with Crippen molar-refractivity contribution in [1.82, 2.24) is 15.5 Å². The first-order valence-corrected chi connectivity index (χ1v) is 10.7. The van der Waals surface area contributed by atoms with E-state index >= 15 is 0 Å². The minimum atomic E-state index is -0.0369. The van der Waals surface area contributed by atoms with Crippen LogP contribution in [0.2, 0.25) is 0 Å². The van der Waals surface area contributed by atoms with Crippen LogP contribution in [0.15, 0.2) is 29.3 Å². The van der Waals surface area contributed by atoms with Gasteiger partial charge >= 0.3 is 0 Å². The van der Waals surface area contributed by atoms with Crippen molar-refractivity contribution in [1.29, 1.82) is 0 Å². The van der Waals surface area contributed by atoms with Crippen molar-refractivity contribution < 1.29 is 9.47 Å². The Morgan fingerprint density at radius 1 is 1.17 bits per heavy atom. The molecule has 2 rings (SSSR count). The topological polar surface area (TPSA) is 58.1 Å². The molecule has 7 heteroatoms. The monoisotopic (exact) mass is 518 g/mol. The van der Waals surface area contributed by atoms with Gasteiger partial charge in [-0.1, -0.05) is 19.1 Å². The zero-order chi connectivity index (χ0) is 20.2. The van der Waals surface area contributed by atoms with Gasteiger partial charge in [0.05, 0.1) is 13.7 Å². The average molecular weight is 518 g/mol. The number of aliphatic imine (C=N–C) groups is 1. The number of rotatable bonds is 10. The molecule has 0 amide bonds. The summed E-state index contributed by atoms with van der Waals surface area (Å²) in [6.07, 6.45) is 3.79. The summed E-state index contributed by atoms with van der Waals surface area (Å²) in [6.45, 7) is 12.4. The lowest BCUT2D eigenvalue weighted by Gasteiger charge is -2.31. The highest BCUT2D eigenvalue weighted by Crippen LogP contribution is 2.26. The highest BCUT2D eigenvalue weighted by atomic mass is 127. The molecule has 0 saturated carbocycles. The molecule has 2 N–H and O–H groups in total. The third-order valence-corrected chi connectivity index (χ3v) is 5.25. The van der Waals surface area contributed by atoms with E-state index in [1.807, 2.05) is 31.2 Å². The molecule has 0 radical (unpaired) electrons. The van der Waals surface area contributed by atoms with Gasteiger partial charge in [-0.05, 0) is 70.8 Å². The lowest BCUT2D eigenvalue weighted by atomic mass is 9.93. The number of nitrogens with zero attached hydrogens (tertiary/aromatic N) is 2. The second-order valence-electron chi connectivity index (χ2n) is 7.39. The Hall–Kier alpha value is -1.22. The van der Waals surface area contributed by atoms with E-state index in [0.29, 0.717) is 6.54 Å². The number of para-hydroxylation sites is 2. The third-order valence-electron chi connectivity index (χ3n) is 5.25. The van der Waals surface area contributed by atoms with Crippen LogP contribution >= 0.6 is 24.0 Å². The standard InChI is InChI=1S/C22H38N4O2.HI/c1-5-23-22(24-14-11-19-12-15-26(6-2)16-13-19)25-17-18(3)28-21-10-8-7-9-20(21)27-4;/h7-10,18-19H,5-6,11-17H2,1-4H3,(H2,23,24,25);1H. The molecular formula is C22H39IN4O2. The summed E-state index contributed by atoms with van der Waals surface area (Å²) in [5, 5.41) is 6.81. The Labute approximate surface area is 193 Å². The fraction of sp³-hybridized carbons (Fsp3) is 0.682. The summed E-state index contributed by atoms with van der Waals surface area (Å²) >= 11 is 0. The van der Waals surface area contributed by atoms with Crippen LogP contribution in [-0.2, 0) is 0 Å². The van der Waals surface area contributed by atoms with E-state index in [2.05, 4.69) is 29.4 Å². The molecule has 0 aromatic heterocycles. The van der Waals surface area contributed by atoms with E-state index in [1.54, 1.807) is 7.11 Å². The molecule has 0 spiro atoms. The Kier molecular flexibility index (Phi) is 13.1. The van der Waals surface area contributed by atoms with Crippen LogP contribution in [0.25, 0.3) is 0 Å². The largest absolute Gasteiger partial charge is 0.493 e. The zero-order valence-electron chi connectivity index (χ0n) is 18.4. The Morgan fingerprint density at radius 3 is 2.48 bits per heavy atom. The fourth-order valence-electron chi connectivity index (χ4n) is 3.52. The van der Waals surface area contributed by atoms with Crippen LogP contribution in [0, 0.1) is 5.92 Å². The third kappa shape index (κ3) is 9.42. The first-order chi connectivity index (χ1) is 13.7. The SMILES string of the molecule is CCNC(=NCC(C)Oc1ccccc1OC)NCCC1CCN(CC)CC1.I. The van der Waals surface area contributed by atoms with E-state index in [-0.39, 0.29) is 30.1 Å². The Balaban J connectivity index is 0.00000420. The van der Waals surface area contributed by atoms with Crippen molar-refractivity contribution in [3.05, 3.63) is 24.3 Å². The van der Waals surface area contributed by atoms with Gasteiger partial charge in [0.15, 0.2) is 17.5 Å². The fourth-order valence-corrected chi connectivity index (χ4v) is 3.52. The minimum absolute atomic E-state index is 0. The van der Waals surface area contributed by atoms with Crippen LogP contribution in [0.1, 0.15) is 40.0 Å². The quantitative estimate of drug-likeness (QED) is 0.281. The molecule has 1 heterocycles. The molecule has 1 aromatic carbocycles. The van der Waals surface area contributed by atoms with Gasteiger partial charge in [-0.3, -0.25) is 0 Å². The molecule has 1 aliphatic rings. The molecule has 6 nitrogen and oxygen atoms in total. The summed E-state index contributed by atoms with van der Waals surface area (Å²) in [4.78, 5) is 7.23. The smallest absolute Gasteiger partial charge is 0.191 e. The molecule has 0 bridgehead atoms. The van der Waals surface area contributed by atoms with Crippen LogP contribution in [0.4, 0.5) is 0 Å². The van der Waals surface area contributed by atoms with Crippen LogP contribution in [-0.4, -0.2) is 63.3 Å². The minimum Gasteiger partial charge on any atom is -0.493 e. The number of halogens is 1. The van der Waals surface area contributed by atoms with Crippen LogP contribution in [0.3, 0.4) is 0 Å². The molecule has 1 unspecified atom stereocenters. The lowest BCUT2D eigenvalue weighted by molar-refractivity contribution is 0.187. The van der Waals surface area contributed by atoms with Crippen molar-refractivity contribution in [2.75, 3.05) is 46.4 Å². The highest BCUT2D eigenvalue weighted by Gasteiger charge is 2.17. The number of piperidine rings is 1. The first-order valence-electron chi connectivity index (χ1n) is 10.7. The number of nitrogens with one attached hydrogen (secondary N) is 2. The van der Waals surface area contributed by atoms with E-state index in [9.17, 15) is 0 Å². The Bertz CT molecular complexity index is 592. The van der Waals surface area contributed by atoms with E-state index in [0.717, 1.165) is 36.5 Å². The summed E-state index contributed by atoms with van der Waals surface area (Å²) < 4.78 is 11.3. The molecule has 1 aliphatic heterocycles. The highest BCUT2D eigenvalue weighted by molar-refractivity contribution is 14.0. The lowest BCUT2D eigenvalue weighted by Crippen LogP contribution is -2.40. The second kappa shape index (κ2) is 14.7. The molecule has 1 atom stereocenters. The van der Waals surface area contributed by atoms with E-state index < -0.39 is 0 Å². The van der Waals surface area contributed by atoms with Gasteiger partial charge in [0.25, 0.3) is 0 Å².